The van der Waals surface area contributed by atoms with Crippen molar-refractivity contribution in [1.82, 2.24) is 5.32 Å². The van der Waals surface area contributed by atoms with Crippen molar-refractivity contribution >= 4 is 0 Å². The standard InChI is InChI=1S/C10H21N/c1-8(2)10-5-4-9(3)6-7-11-10/h8-11H,4-7H2,1-3H3. The molecular weight excluding hydrogens is 134 g/mol. The second-order valence-electron chi connectivity index (χ2n) is 4.28. The zero-order valence-corrected chi connectivity index (χ0v) is 8.06. The highest BCUT2D eigenvalue weighted by Crippen LogP contribution is 2.18. The van der Waals surface area contributed by atoms with Crippen LogP contribution in [0.25, 0.3) is 0 Å². The van der Waals surface area contributed by atoms with Gasteiger partial charge in [-0.3, -0.25) is 0 Å². The summed E-state index contributed by atoms with van der Waals surface area (Å²) in [4.78, 5) is 0. The number of hydrogen-bond donors (Lipinski definition) is 1. The third-order valence-corrected chi connectivity index (χ3v) is 2.82. The largest absolute Gasteiger partial charge is 0.314 e. The Bertz CT molecular complexity index is 109. The molecule has 1 N–H and O–H groups in total. The molecule has 0 radical (unpaired) electrons. The van der Waals surface area contributed by atoms with Crippen molar-refractivity contribution in [1.29, 1.82) is 0 Å². The summed E-state index contributed by atoms with van der Waals surface area (Å²) in [5, 5.41) is 3.61. The van der Waals surface area contributed by atoms with Gasteiger partial charge in [0, 0.05) is 6.04 Å². The quantitative estimate of drug-likeness (QED) is 0.613. The molecule has 0 aromatic heterocycles. The second kappa shape index (κ2) is 4.10. The lowest BCUT2D eigenvalue weighted by molar-refractivity contribution is 0.390. The van der Waals surface area contributed by atoms with E-state index in [1.807, 2.05) is 0 Å². The van der Waals surface area contributed by atoms with E-state index in [9.17, 15) is 0 Å². The highest BCUT2D eigenvalue weighted by Gasteiger charge is 2.17. The van der Waals surface area contributed by atoms with E-state index in [1.165, 1.54) is 25.8 Å². The third kappa shape index (κ3) is 2.82. The van der Waals surface area contributed by atoms with Gasteiger partial charge in [0.1, 0.15) is 0 Å². The van der Waals surface area contributed by atoms with Crippen molar-refractivity contribution in [2.45, 2.75) is 46.1 Å². The predicted molar refractivity (Wildman–Crippen MR) is 49.6 cm³/mol. The van der Waals surface area contributed by atoms with Crippen LogP contribution >= 0.6 is 0 Å². The van der Waals surface area contributed by atoms with Gasteiger partial charge < -0.3 is 5.32 Å². The molecule has 0 aromatic rings. The highest BCUT2D eigenvalue weighted by atomic mass is 14.9. The summed E-state index contributed by atoms with van der Waals surface area (Å²) in [5.74, 6) is 1.74. The Morgan fingerprint density at radius 2 is 1.91 bits per heavy atom. The molecule has 1 fully saturated rings. The number of rotatable bonds is 1. The zero-order chi connectivity index (χ0) is 8.27. The van der Waals surface area contributed by atoms with Gasteiger partial charge in [0.25, 0.3) is 0 Å². The fourth-order valence-electron chi connectivity index (χ4n) is 1.79. The lowest BCUT2D eigenvalue weighted by Gasteiger charge is -2.19. The van der Waals surface area contributed by atoms with Crippen LogP contribution in [0.15, 0.2) is 0 Å². The minimum absolute atomic E-state index is 0.778. The Morgan fingerprint density at radius 1 is 1.18 bits per heavy atom. The van der Waals surface area contributed by atoms with Crippen molar-refractivity contribution in [3.8, 4) is 0 Å². The molecular formula is C10H21N. The average Bonchev–Trinajstić information content (AvgIpc) is 2.13. The first-order valence-corrected chi connectivity index (χ1v) is 4.93. The molecule has 0 amide bonds. The summed E-state index contributed by atoms with van der Waals surface area (Å²) in [6.45, 7) is 8.22. The predicted octanol–water partition coefficient (Wildman–Crippen LogP) is 2.42. The van der Waals surface area contributed by atoms with Gasteiger partial charge in [-0.2, -0.15) is 0 Å². The van der Waals surface area contributed by atoms with E-state index in [4.69, 9.17) is 0 Å². The first kappa shape index (κ1) is 9.05. The monoisotopic (exact) mass is 155 g/mol. The molecule has 1 heteroatoms. The van der Waals surface area contributed by atoms with E-state index < -0.39 is 0 Å². The Balaban J connectivity index is 2.34. The third-order valence-electron chi connectivity index (χ3n) is 2.82. The molecule has 11 heavy (non-hydrogen) atoms. The molecule has 66 valence electrons. The highest BCUT2D eigenvalue weighted by molar-refractivity contribution is 4.75. The molecule has 0 spiro atoms. The average molecular weight is 155 g/mol. The molecule has 1 heterocycles. The first-order chi connectivity index (χ1) is 5.20. The molecule has 0 saturated carbocycles. The summed E-state index contributed by atoms with van der Waals surface area (Å²) >= 11 is 0. The van der Waals surface area contributed by atoms with E-state index in [0.29, 0.717) is 0 Å². The molecule has 1 nitrogen and oxygen atoms in total. The summed E-state index contributed by atoms with van der Waals surface area (Å²) in [6, 6.07) is 0.778. The maximum Gasteiger partial charge on any atom is 0.00901 e. The molecule has 0 aromatic carbocycles. The van der Waals surface area contributed by atoms with Crippen molar-refractivity contribution in [3.05, 3.63) is 0 Å². The normalized spacial score (nSPS) is 33.8. The number of nitrogens with one attached hydrogen (secondary N) is 1. The van der Waals surface area contributed by atoms with Gasteiger partial charge in [-0.05, 0) is 37.6 Å². The number of hydrogen-bond acceptors (Lipinski definition) is 1. The fourth-order valence-corrected chi connectivity index (χ4v) is 1.79. The molecule has 1 aliphatic rings. The lowest BCUT2D eigenvalue weighted by atomic mass is 9.96. The molecule has 0 bridgehead atoms. The molecule has 1 saturated heterocycles. The summed E-state index contributed by atoms with van der Waals surface area (Å²) < 4.78 is 0. The van der Waals surface area contributed by atoms with Crippen LogP contribution in [-0.2, 0) is 0 Å². The SMILES string of the molecule is CC1CCNC(C(C)C)CC1. The molecule has 2 unspecified atom stereocenters. The zero-order valence-electron chi connectivity index (χ0n) is 8.06. The van der Waals surface area contributed by atoms with Crippen LogP contribution in [0, 0.1) is 11.8 Å². The Morgan fingerprint density at radius 3 is 2.55 bits per heavy atom. The molecule has 0 aliphatic carbocycles. The van der Waals surface area contributed by atoms with Crippen molar-refractivity contribution in [3.63, 3.8) is 0 Å². The summed E-state index contributed by atoms with van der Waals surface area (Å²) in [7, 11) is 0. The van der Waals surface area contributed by atoms with Gasteiger partial charge in [-0.25, -0.2) is 0 Å². The van der Waals surface area contributed by atoms with E-state index >= 15 is 0 Å². The van der Waals surface area contributed by atoms with Crippen molar-refractivity contribution < 1.29 is 0 Å². The second-order valence-corrected chi connectivity index (χ2v) is 4.28. The molecule has 1 rings (SSSR count). The van der Waals surface area contributed by atoms with E-state index in [0.717, 1.165) is 17.9 Å². The minimum atomic E-state index is 0.778. The maximum atomic E-state index is 3.61. The van der Waals surface area contributed by atoms with Crippen LogP contribution < -0.4 is 5.32 Å². The van der Waals surface area contributed by atoms with Crippen LogP contribution in [0.2, 0.25) is 0 Å². The van der Waals surface area contributed by atoms with Gasteiger partial charge in [0.2, 0.25) is 0 Å². The van der Waals surface area contributed by atoms with E-state index in [-0.39, 0.29) is 0 Å². The molecule has 2 atom stereocenters. The van der Waals surface area contributed by atoms with Crippen molar-refractivity contribution in [2.75, 3.05) is 6.54 Å². The maximum absolute atomic E-state index is 3.61. The van der Waals surface area contributed by atoms with Crippen LogP contribution in [-0.4, -0.2) is 12.6 Å². The Hall–Kier alpha value is -0.0400. The smallest absolute Gasteiger partial charge is 0.00901 e. The van der Waals surface area contributed by atoms with Gasteiger partial charge in [0.15, 0.2) is 0 Å². The van der Waals surface area contributed by atoms with Crippen LogP contribution in [0.1, 0.15) is 40.0 Å². The lowest BCUT2D eigenvalue weighted by Crippen LogP contribution is -2.32. The van der Waals surface area contributed by atoms with Crippen LogP contribution in [0.5, 0.6) is 0 Å². The van der Waals surface area contributed by atoms with Gasteiger partial charge in [-0.1, -0.05) is 20.8 Å². The topological polar surface area (TPSA) is 12.0 Å². The van der Waals surface area contributed by atoms with E-state index in [2.05, 4.69) is 26.1 Å². The van der Waals surface area contributed by atoms with Gasteiger partial charge in [0.05, 0.1) is 0 Å². The van der Waals surface area contributed by atoms with Crippen LogP contribution in [0.3, 0.4) is 0 Å². The minimum Gasteiger partial charge on any atom is -0.314 e. The van der Waals surface area contributed by atoms with Crippen molar-refractivity contribution in [2.24, 2.45) is 11.8 Å². The van der Waals surface area contributed by atoms with E-state index in [1.54, 1.807) is 0 Å². The molecule has 1 aliphatic heterocycles. The van der Waals surface area contributed by atoms with Crippen LogP contribution in [0.4, 0.5) is 0 Å². The summed E-state index contributed by atoms with van der Waals surface area (Å²) in [5.41, 5.74) is 0. The fraction of sp³-hybridized carbons (Fsp3) is 1.00. The Labute approximate surface area is 70.6 Å². The first-order valence-electron chi connectivity index (χ1n) is 4.93. The summed E-state index contributed by atoms with van der Waals surface area (Å²) in [6.07, 6.45) is 4.15. The Kier molecular flexibility index (Phi) is 3.38. The van der Waals surface area contributed by atoms with Gasteiger partial charge >= 0.3 is 0 Å². The van der Waals surface area contributed by atoms with Gasteiger partial charge in [-0.15, -0.1) is 0 Å².